The quantitative estimate of drug-likeness (QED) is 0.592. The lowest BCUT2D eigenvalue weighted by molar-refractivity contribution is -0.113. The number of nitrogens with zero attached hydrogens (tertiary/aromatic N) is 3. The van der Waals surface area contributed by atoms with Gasteiger partial charge in [-0.2, -0.15) is 5.26 Å². The van der Waals surface area contributed by atoms with Gasteiger partial charge in [0.2, 0.25) is 5.91 Å². The van der Waals surface area contributed by atoms with Crippen molar-refractivity contribution < 1.29 is 17.9 Å². The molecule has 0 unspecified atom stereocenters. The number of rotatable bonds is 8. The first kappa shape index (κ1) is 21.0. The Hall–Kier alpha value is -3.77. The normalized spacial score (nSPS) is 10.8. The Morgan fingerprint density at radius 2 is 1.77 bits per heavy atom. The molecule has 0 spiro atoms. The van der Waals surface area contributed by atoms with E-state index in [1.807, 2.05) is 6.07 Å². The van der Waals surface area contributed by atoms with E-state index in [4.69, 9.17) is 10.00 Å². The number of sulfone groups is 1. The van der Waals surface area contributed by atoms with Crippen molar-refractivity contribution in [1.29, 1.82) is 5.26 Å². The summed E-state index contributed by atoms with van der Waals surface area (Å²) in [5.41, 5.74) is 1.82. The lowest BCUT2D eigenvalue weighted by Gasteiger charge is -2.11. The maximum Gasteiger partial charge on any atom is 0.240 e. The SMILES string of the molecule is N#Cc1ccc(CS(=O)(=O)CC(=O)Nc2ncccc2OCc2ccncc2)cc1. The molecular weight excluding hydrogens is 404 g/mol. The second kappa shape index (κ2) is 9.62. The van der Waals surface area contributed by atoms with E-state index in [1.165, 1.54) is 18.3 Å². The van der Waals surface area contributed by atoms with Gasteiger partial charge in [0.25, 0.3) is 0 Å². The van der Waals surface area contributed by atoms with Crippen molar-refractivity contribution in [3.8, 4) is 11.8 Å². The molecule has 0 fully saturated rings. The van der Waals surface area contributed by atoms with E-state index in [2.05, 4.69) is 15.3 Å². The number of carbonyl (C=O) groups excluding carboxylic acids is 1. The molecule has 2 aromatic heterocycles. The molecule has 0 aliphatic heterocycles. The summed E-state index contributed by atoms with van der Waals surface area (Å²) in [6.45, 7) is 0.244. The molecule has 9 heteroatoms. The monoisotopic (exact) mass is 422 g/mol. The third-order valence-corrected chi connectivity index (χ3v) is 5.47. The van der Waals surface area contributed by atoms with Gasteiger partial charge in [-0.05, 0) is 47.5 Å². The molecule has 1 amide bonds. The van der Waals surface area contributed by atoms with Crippen LogP contribution in [-0.2, 0) is 27.0 Å². The number of carbonyl (C=O) groups is 1. The Kier molecular flexibility index (Phi) is 6.72. The fraction of sp³-hybridized carbons (Fsp3) is 0.143. The Morgan fingerprint density at radius 3 is 2.47 bits per heavy atom. The van der Waals surface area contributed by atoms with Crippen LogP contribution in [0.5, 0.6) is 5.75 Å². The van der Waals surface area contributed by atoms with Crippen LogP contribution in [0.4, 0.5) is 5.82 Å². The number of hydrogen-bond acceptors (Lipinski definition) is 7. The standard InChI is InChI=1S/C21H18N4O4S/c22-12-16-3-5-18(6-4-16)14-30(27,28)15-20(26)25-21-19(2-1-9-24-21)29-13-17-7-10-23-11-8-17/h1-11H,13-15H2,(H,24,25,26). The molecule has 1 aromatic carbocycles. The van der Waals surface area contributed by atoms with Crippen molar-refractivity contribution in [1.82, 2.24) is 9.97 Å². The third kappa shape index (κ3) is 6.12. The van der Waals surface area contributed by atoms with Crippen LogP contribution in [0.1, 0.15) is 16.7 Å². The van der Waals surface area contributed by atoms with Gasteiger partial charge < -0.3 is 10.1 Å². The van der Waals surface area contributed by atoms with Gasteiger partial charge in [0.1, 0.15) is 12.4 Å². The number of ether oxygens (including phenoxy) is 1. The molecule has 30 heavy (non-hydrogen) atoms. The van der Waals surface area contributed by atoms with Gasteiger partial charge in [-0.1, -0.05) is 12.1 Å². The summed E-state index contributed by atoms with van der Waals surface area (Å²) in [7, 11) is -3.71. The van der Waals surface area contributed by atoms with Crippen LogP contribution in [0.25, 0.3) is 0 Å². The minimum absolute atomic E-state index is 0.144. The van der Waals surface area contributed by atoms with E-state index >= 15 is 0 Å². The van der Waals surface area contributed by atoms with Crippen LogP contribution in [0.2, 0.25) is 0 Å². The molecule has 1 N–H and O–H groups in total. The highest BCUT2D eigenvalue weighted by atomic mass is 32.2. The summed E-state index contributed by atoms with van der Waals surface area (Å²) in [5, 5.41) is 11.3. The van der Waals surface area contributed by atoms with Crippen molar-refractivity contribution in [2.75, 3.05) is 11.1 Å². The Morgan fingerprint density at radius 1 is 1.03 bits per heavy atom. The topological polar surface area (TPSA) is 122 Å². The zero-order chi connectivity index (χ0) is 21.4. The second-order valence-electron chi connectivity index (χ2n) is 6.38. The number of benzene rings is 1. The van der Waals surface area contributed by atoms with Gasteiger partial charge in [0.05, 0.1) is 17.4 Å². The highest BCUT2D eigenvalue weighted by Crippen LogP contribution is 2.22. The maximum atomic E-state index is 12.4. The fourth-order valence-electron chi connectivity index (χ4n) is 2.59. The highest BCUT2D eigenvalue weighted by Gasteiger charge is 2.19. The summed E-state index contributed by atoms with van der Waals surface area (Å²) >= 11 is 0. The fourth-order valence-corrected chi connectivity index (χ4v) is 3.86. The molecule has 3 rings (SSSR count). The van der Waals surface area contributed by atoms with Crippen LogP contribution in [-0.4, -0.2) is 30.0 Å². The molecule has 0 aliphatic carbocycles. The lowest BCUT2D eigenvalue weighted by atomic mass is 10.2. The van der Waals surface area contributed by atoms with Crippen LogP contribution < -0.4 is 10.1 Å². The Balaban J connectivity index is 1.62. The van der Waals surface area contributed by atoms with Gasteiger partial charge >= 0.3 is 0 Å². The molecule has 0 aliphatic rings. The Labute approximate surface area is 174 Å². The zero-order valence-electron chi connectivity index (χ0n) is 15.9. The van der Waals surface area contributed by atoms with Gasteiger partial charge in [0, 0.05) is 18.6 Å². The van der Waals surface area contributed by atoms with Crippen LogP contribution in [0.3, 0.4) is 0 Å². The number of hydrogen-bond donors (Lipinski definition) is 1. The minimum atomic E-state index is -3.71. The van der Waals surface area contributed by atoms with Gasteiger partial charge in [-0.3, -0.25) is 9.78 Å². The zero-order valence-corrected chi connectivity index (χ0v) is 16.7. The summed E-state index contributed by atoms with van der Waals surface area (Å²) in [5.74, 6) is -1.25. The van der Waals surface area contributed by atoms with E-state index in [-0.39, 0.29) is 18.2 Å². The summed E-state index contributed by atoms with van der Waals surface area (Å²) < 4.78 is 30.4. The lowest BCUT2D eigenvalue weighted by Crippen LogP contribution is -2.24. The van der Waals surface area contributed by atoms with Crippen molar-refractivity contribution in [3.05, 3.63) is 83.8 Å². The molecule has 0 radical (unpaired) electrons. The predicted molar refractivity (Wildman–Crippen MR) is 110 cm³/mol. The van der Waals surface area contributed by atoms with E-state index in [1.54, 1.807) is 48.8 Å². The predicted octanol–water partition coefficient (Wildman–Crippen LogP) is 2.48. The number of anilines is 1. The first-order valence-corrected chi connectivity index (χ1v) is 10.7. The number of nitrogens with one attached hydrogen (secondary N) is 1. The van der Waals surface area contributed by atoms with E-state index in [9.17, 15) is 13.2 Å². The summed E-state index contributed by atoms with van der Waals surface area (Å²) in [6, 6.07) is 15.0. The number of amides is 1. The molecule has 2 heterocycles. The van der Waals surface area contributed by atoms with Gasteiger partial charge in [-0.25, -0.2) is 13.4 Å². The molecule has 0 saturated heterocycles. The average molecular weight is 422 g/mol. The molecule has 8 nitrogen and oxygen atoms in total. The third-order valence-electron chi connectivity index (χ3n) is 3.99. The number of aromatic nitrogens is 2. The van der Waals surface area contributed by atoms with Crippen molar-refractivity contribution >= 4 is 21.6 Å². The number of pyridine rings is 2. The molecule has 0 atom stereocenters. The van der Waals surface area contributed by atoms with Gasteiger partial charge in [0.15, 0.2) is 21.4 Å². The second-order valence-corrected chi connectivity index (χ2v) is 8.45. The summed E-state index contributed by atoms with van der Waals surface area (Å²) in [4.78, 5) is 20.3. The molecule has 3 aromatic rings. The maximum absolute atomic E-state index is 12.4. The smallest absolute Gasteiger partial charge is 0.240 e. The van der Waals surface area contributed by atoms with Crippen LogP contribution in [0, 0.1) is 11.3 Å². The van der Waals surface area contributed by atoms with Crippen molar-refractivity contribution in [2.45, 2.75) is 12.4 Å². The first-order chi connectivity index (χ1) is 14.4. The highest BCUT2D eigenvalue weighted by molar-refractivity contribution is 7.91. The van der Waals surface area contributed by atoms with E-state index in [0.29, 0.717) is 16.9 Å². The molecule has 152 valence electrons. The molecule has 0 saturated carbocycles. The summed E-state index contributed by atoms with van der Waals surface area (Å²) in [6.07, 6.45) is 4.76. The largest absolute Gasteiger partial charge is 0.485 e. The van der Waals surface area contributed by atoms with Crippen molar-refractivity contribution in [2.24, 2.45) is 0 Å². The first-order valence-electron chi connectivity index (χ1n) is 8.91. The van der Waals surface area contributed by atoms with Crippen LogP contribution in [0.15, 0.2) is 67.1 Å². The minimum Gasteiger partial charge on any atom is -0.485 e. The Bertz CT molecular complexity index is 1160. The van der Waals surface area contributed by atoms with E-state index in [0.717, 1.165) is 5.56 Å². The van der Waals surface area contributed by atoms with Crippen LogP contribution >= 0.6 is 0 Å². The van der Waals surface area contributed by atoms with Gasteiger partial charge in [-0.15, -0.1) is 0 Å². The molecule has 0 bridgehead atoms. The van der Waals surface area contributed by atoms with Crippen molar-refractivity contribution in [3.63, 3.8) is 0 Å². The number of nitriles is 1. The average Bonchev–Trinajstić information content (AvgIpc) is 2.73. The molecular formula is C21H18N4O4S. The van der Waals surface area contributed by atoms with E-state index < -0.39 is 21.5 Å².